The van der Waals surface area contributed by atoms with Gasteiger partial charge in [0.1, 0.15) is 0 Å². The number of halogens is 1. The lowest BCUT2D eigenvalue weighted by molar-refractivity contribution is -0.00638. The zero-order valence-electron chi connectivity index (χ0n) is 13.0. The largest absolute Gasteiger partial charge is 0.308 e. The molecule has 0 spiro atoms. The third-order valence-electron chi connectivity index (χ3n) is 6.00. The van der Waals surface area contributed by atoms with Gasteiger partial charge < -0.3 is 5.32 Å². The molecule has 2 atom stereocenters. The molecule has 116 valence electrons. The number of thiophene rings is 1. The summed E-state index contributed by atoms with van der Waals surface area (Å²) in [6, 6.07) is 4.25. The highest BCUT2D eigenvalue weighted by atomic mass is 35.5. The molecule has 0 amide bonds. The van der Waals surface area contributed by atoms with Gasteiger partial charge in [-0.2, -0.15) is 0 Å². The lowest BCUT2D eigenvalue weighted by atomic mass is 9.83. The van der Waals surface area contributed by atoms with Crippen molar-refractivity contribution < 1.29 is 0 Å². The Balaban J connectivity index is 1.57. The predicted octanol–water partition coefficient (Wildman–Crippen LogP) is 4.14. The van der Waals surface area contributed by atoms with Crippen LogP contribution in [-0.2, 0) is 6.54 Å². The second-order valence-corrected chi connectivity index (χ2v) is 9.54. The maximum Gasteiger partial charge on any atom is 0.0931 e. The fraction of sp³-hybridized carbons (Fsp3) is 0.765. The van der Waals surface area contributed by atoms with E-state index in [-0.39, 0.29) is 0 Å². The van der Waals surface area contributed by atoms with Crippen molar-refractivity contribution in [1.82, 2.24) is 10.2 Å². The van der Waals surface area contributed by atoms with Crippen LogP contribution in [0.3, 0.4) is 0 Å². The molecule has 21 heavy (non-hydrogen) atoms. The highest BCUT2D eigenvalue weighted by Gasteiger charge is 2.54. The number of piperazine rings is 1. The Labute approximate surface area is 136 Å². The van der Waals surface area contributed by atoms with Crippen molar-refractivity contribution in [3.05, 3.63) is 21.3 Å². The van der Waals surface area contributed by atoms with Crippen molar-refractivity contribution in [2.75, 3.05) is 13.1 Å². The molecule has 1 aromatic rings. The maximum atomic E-state index is 6.13. The number of hydrogen-bond acceptors (Lipinski definition) is 3. The first kappa shape index (κ1) is 14.5. The normalized spacial score (nSPS) is 37.9. The van der Waals surface area contributed by atoms with Crippen molar-refractivity contribution in [2.45, 2.75) is 57.2 Å². The second-order valence-electron chi connectivity index (χ2n) is 7.74. The van der Waals surface area contributed by atoms with Gasteiger partial charge in [-0.05, 0) is 63.5 Å². The Bertz CT molecular complexity index is 537. The van der Waals surface area contributed by atoms with Gasteiger partial charge in [0.15, 0.2) is 0 Å². The van der Waals surface area contributed by atoms with Gasteiger partial charge in [-0.1, -0.05) is 11.6 Å². The maximum absolute atomic E-state index is 6.13. The van der Waals surface area contributed by atoms with Crippen molar-refractivity contribution in [1.29, 1.82) is 0 Å². The van der Waals surface area contributed by atoms with E-state index in [4.69, 9.17) is 11.6 Å². The molecule has 3 fully saturated rings. The van der Waals surface area contributed by atoms with E-state index in [1.54, 1.807) is 11.3 Å². The molecule has 1 N–H and O–H groups in total. The molecule has 2 heterocycles. The Morgan fingerprint density at radius 2 is 1.95 bits per heavy atom. The average molecular weight is 325 g/mol. The van der Waals surface area contributed by atoms with Crippen LogP contribution in [-0.4, -0.2) is 29.1 Å². The van der Waals surface area contributed by atoms with E-state index in [1.807, 2.05) is 6.07 Å². The molecule has 1 aromatic heterocycles. The van der Waals surface area contributed by atoms with Crippen LogP contribution < -0.4 is 5.32 Å². The van der Waals surface area contributed by atoms with Crippen LogP contribution in [0.5, 0.6) is 0 Å². The minimum Gasteiger partial charge on any atom is -0.308 e. The summed E-state index contributed by atoms with van der Waals surface area (Å²) < 4.78 is 0.915. The van der Waals surface area contributed by atoms with Crippen LogP contribution in [0.1, 0.15) is 44.4 Å². The van der Waals surface area contributed by atoms with Crippen molar-refractivity contribution >= 4 is 22.9 Å². The average Bonchev–Trinajstić information content (AvgIpc) is 3.33. The summed E-state index contributed by atoms with van der Waals surface area (Å²) in [5.41, 5.74) is 0.639. The van der Waals surface area contributed by atoms with E-state index in [2.05, 4.69) is 30.1 Å². The molecule has 0 bridgehead atoms. The molecule has 2 aliphatic carbocycles. The van der Waals surface area contributed by atoms with Gasteiger partial charge in [-0.3, -0.25) is 4.90 Å². The first-order chi connectivity index (χ1) is 9.99. The number of rotatable bonds is 4. The number of nitrogens with one attached hydrogen (secondary N) is 1. The Morgan fingerprint density at radius 3 is 2.52 bits per heavy atom. The van der Waals surface area contributed by atoms with Gasteiger partial charge in [-0.15, -0.1) is 11.3 Å². The van der Waals surface area contributed by atoms with Crippen LogP contribution in [0.4, 0.5) is 0 Å². The van der Waals surface area contributed by atoms with Crippen LogP contribution in [0.15, 0.2) is 12.1 Å². The summed E-state index contributed by atoms with van der Waals surface area (Å²) in [4.78, 5) is 4.17. The molecular weight excluding hydrogens is 300 g/mol. The standard InChI is InChI=1S/C17H25ClN2S/c1-16(12-3-4-12)11-20(9-14-7-8-15(18)21-14)17(2,10-19-16)13-5-6-13/h7-8,12-13,19H,3-6,9-11H2,1-2H3. The summed E-state index contributed by atoms with van der Waals surface area (Å²) in [6.07, 6.45) is 5.62. The molecule has 2 saturated carbocycles. The topological polar surface area (TPSA) is 15.3 Å². The Morgan fingerprint density at radius 1 is 1.24 bits per heavy atom. The first-order valence-corrected chi connectivity index (χ1v) is 9.43. The highest BCUT2D eigenvalue weighted by molar-refractivity contribution is 7.16. The van der Waals surface area contributed by atoms with Crippen LogP contribution in [0.2, 0.25) is 4.34 Å². The van der Waals surface area contributed by atoms with Gasteiger partial charge in [0, 0.05) is 35.6 Å². The molecule has 4 heteroatoms. The predicted molar refractivity (Wildman–Crippen MR) is 90.0 cm³/mol. The van der Waals surface area contributed by atoms with E-state index < -0.39 is 0 Å². The van der Waals surface area contributed by atoms with E-state index in [1.165, 1.54) is 37.1 Å². The molecule has 0 aromatic carbocycles. The minimum absolute atomic E-state index is 0.315. The summed E-state index contributed by atoms with van der Waals surface area (Å²) in [5, 5.41) is 3.93. The third kappa shape index (κ3) is 2.67. The molecular formula is C17H25ClN2S. The Kier molecular flexibility index (Phi) is 3.42. The third-order valence-corrected chi connectivity index (χ3v) is 7.22. The van der Waals surface area contributed by atoms with Gasteiger partial charge in [0.25, 0.3) is 0 Å². The molecule has 1 aliphatic heterocycles. The number of hydrogen-bond donors (Lipinski definition) is 1. The molecule has 1 saturated heterocycles. The molecule has 4 rings (SSSR count). The fourth-order valence-corrected chi connectivity index (χ4v) is 5.19. The molecule has 2 unspecified atom stereocenters. The first-order valence-electron chi connectivity index (χ1n) is 8.24. The fourth-order valence-electron chi connectivity index (χ4n) is 4.09. The summed E-state index contributed by atoms with van der Waals surface area (Å²) in [6.45, 7) is 8.29. The monoisotopic (exact) mass is 324 g/mol. The second kappa shape index (κ2) is 4.95. The zero-order chi connectivity index (χ0) is 14.7. The summed E-state index contributed by atoms with van der Waals surface area (Å²) in [7, 11) is 0. The van der Waals surface area contributed by atoms with Crippen LogP contribution in [0, 0.1) is 11.8 Å². The van der Waals surface area contributed by atoms with Gasteiger partial charge in [0.2, 0.25) is 0 Å². The van der Waals surface area contributed by atoms with Crippen LogP contribution >= 0.6 is 22.9 Å². The quantitative estimate of drug-likeness (QED) is 0.895. The molecule has 2 nitrogen and oxygen atoms in total. The van der Waals surface area contributed by atoms with Gasteiger partial charge in [0.05, 0.1) is 4.34 Å². The van der Waals surface area contributed by atoms with Crippen molar-refractivity contribution in [2.24, 2.45) is 11.8 Å². The van der Waals surface area contributed by atoms with Crippen molar-refractivity contribution in [3.8, 4) is 0 Å². The minimum atomic E-state index is 0.315. The van der Waals surface area contributed by atoms with Crippen molar-refractivity contribution in [3.63, 3.8) is 0 Å². The summed E-state index contributed by atoms with van der Waals surface area (Å²) in [5.74, 6) is 1.76. The SMILES string of the molecule is CC1(C2CC2)CN(Cc2ccc(Cl)s2)C(C)(C2CC2)CN1. The summed E-state index contributed by atoms with van der Waals surface area (Å²) >= 11 is 7.87. The van der Waals surface area contributed by atoms with E-state index >= 15 is 0 Å². The Hall–Kier alpha value is -0.0900. The molecule has 3 aliphatic rings. The van der Waals surface area contributed by atoms with E-state index in [0.717, 1.165) is 29.3 Å². The lowest BCUT2D eigenvalue weighted by Crippen LogP contribution is -2.69. The van der Waals surface area contributed by atoms with E-state index in [0.29, 0.717) is 11.1 Å². The smallest absolute Gasteiger partial charge is 0.0931 e. The van der Waals surface area contributed by atoms with Crippen LogP contribution in [0.25, 0.3) is 0 Å². The lowest BCUT2D eigenvalue weighted by Gasteiger charge is -2.53. The molecule has 0 radical (unpaired) electrons. The van der Waals surface area contributed by atoms with E-state index in [9.17, 15) is 0 Å². The number of nitrogens with zero attached hydrogens (tertiary/aromatic N) is 1. The van der Waals surface area contributed by atoms with Gasteiger partial charge in [-0.25, -0.2) is 0 Å². The highest BCUT2D eigenvalue weighted by Crippen LogP contribution is 2.49. The zero-order valence-corrected chi connectivity index (χ0v) is 14.6. The van der Waals surface area contributed by atoms with Gasteiger partial charge >= 0.3 is 0 Å².